The van der Waals surface area contributed by atoms with Crippen LogP contribution in [0, 0.1) is 5.82 Å². The number of thioether (sulfide) groups is 1. The van der Waals surface area contributed by atoms with E-state index in [1.807, 2.05) is 6.07 Å². The van der Waals surface area contributed by atoms with E-state index in [0.717, 1.165) is 16.7 Å². The molecule has 0 atom stereocenters. The molecule has 150 valence electrons. The molecule has 7 heteroatoms. The van der Waals surface area contributed by atoms with Gasteiger partial charge in [0.25, 0.3) is 11.1 Å². The van der Waals surface area contributed by atoms with Gasteiger partial charge in [0.15, 0.2) is 0 Å². The van der Waals surface area contributed by atoms with Gasteiger partial charge in [-0.1, -0.05) is 48.0 Å². The highest BCUT2D eigenvalue weighted by atomic mass is 35.5. The fourth-order valence-electron chi connectivity index (χ4n) is 2.94. The zero-order valence-corrected chi connectivity index (χ0v) is 17.1. The molecule has 30 heavy (non-hydrogen) atoms. The number of hydrogen-bond donors (Lipinski definition) is 0. The summed E-state index contributed by atoms with van der Waals surface area (Å²) in [6, 6.07) is 20.2. The van der Waals surface area contributed by atoms with E-state index in [2.05, 4.69) is 0 Å². The number of anilines is 1. The van der Waals surface area contributed by atoms with Gasteiger partial charge in [0.1, 0.15) is 18.2 Å². The van der Waals surface area contributed by atoms with Crippen LogP contribution in [0.2, 0.25) is 5.02 Å². The van der Waals surface area contributed by atoms with Gasteiger partial charge in [-0.05, 0) is 59.8 Å². The maximum atomic E-state index is 13.9. The van der Waals surface area contributed by atoms with Gasteiger partial charge in [-0.25, -0.2) is 9.29 Å². The van der Waals surface area contributed by atoms with Crippen molar-refractivity contribution in [1.29, 1.82) is 0 Å². The number of amides is 2. The molecule has 0 radical (unpaired) electrons. The van der Waals surface area contributed by atoms with Crippen molar-refractivity contribution < 1.29 is 18.7 Å². The summed E-state index contributed by atoms with van der Waals surface area (Å²) in [5.74, 6) is -0.320. The minimum absolute atomic E-state index is 0.0283. The fraction of sp³-hybridized carbons (Fsp3) is 0.0435. The normalized spacial score (nSPS) is 15.1. The molecule has 1 fully saturated rings. The third kappa shape index (κ3) is 4.25. The molecule has 1 heterocycles. The Morgan fingerprint density at radius 1 is 1.00 bits per heavy atom. The van der Waals surface area contributed by atoms with E-state index in [9.17, 15) is 14.0 Å². The van der Waals surface area contributed by atoms with E-state index < -0.39 is 5.82 Å². The fourth-order valence-corrected chi connectivity index (χ4v) is 4.00. The van der Waals surface area contributed by atoms with Crippen LogP contribution < -0.4 is 9.64 Å². The SMILES string of the molecule is O=C1S/C(=C\c2cccc(OCc3c(F)cccc3Cl)c2)C(=O)N1c1ccccc1. The van der Waals surface area contributed by atoms with Crippen LogP contribution in [-0.2, 0) is 11.4 Å². The molecule has 1 aliphatic heterocycles. The van der Waals surface area contributed by atoms with E-state index in [4.69, 9.17) is 16.3 Å². The van der Waals surface area contributed by atoms with Crippen LogP contribution in [-0.4, -0.2) is 11.1 Å². The first-order valence-corrected chi connectivity index (χ1v) is 10.2. The summed E-state index contributed by atoms with van der Waals surface area (Å²) in [4.78, 5) is 26.5. The van der Waals surface area contributed by atoms with Crippen LogP contribution >= 0.6 is 23.4 Å². The number of carbonyl (C=O) groups is 2. The van der Waals surface area contributed by atoms with Crippen LogP contribution in [0.5, 0.6) is 5.75 Å². The van der Waals surface area contributed by atoms with Crippen molar-refractivity contribution in [3.8, 4) is 5.75 Å². The summed E-state index contributed by atoms with van der Waals surface area (Å²) in [6.07, 6.45) is 1.64. The number of imide groups is 1. The van der Waals surface area contributed by atoms with Gasteiger partial charge in [0.2, 0.25) is 0 Å². The third-order valence-electron chi connectivity index (χ3n) is 4.41. The van der Waals surface area contributed by atoms with Crippen LogP contribution in [0.4, 0.5) is 14.9 Å². The van der Waals surface area contributed by atoms with E-state index in [0.29, 0.717) is 26.9 Å². The molecule has 3 aromatic carbocycles. The predicted molar refractivity (Wildman–Crippen MR) is 117 cm³/mol. The molecule has 0 aliphatic carbocycles. The maximum Gasteiger partial charge on any atom is 0.298 e. The topological polar surface area (TPSA) is 46.6 Å². The van der Waals surface area contributed by atoms with Crippen LogP contribution in [0.3, 0.4) is 0 Å². The molecule has 2 amide bonds. The predicted octanol–water partition coefficient (Wildman–Crippen LogP) is 6.30. The number of carbonyl (C=O) groups excluding carboxylic acids is 2. The molecule has 1 aliphatic rings. The largest absolute Gasteiger partial charge is 0.489 e. The van der Waals surface area contributed by atoms with Crippen molar-refractivity contribution in [2.75, 3.05) is 4.90 Å². The lowest BCUT2D eigenvalue weighted by Crippen LogP contribution is -2.27. The third-order valence-corrected chi connectivity index (χ3v) is 5.63. The van der Waals surface area contributed by atoms with Crippen LogP contribution in [0.15, 0.2) is 77.7 Å². The lowest BCUT2D eigenvalue weighted by Gasteiger charge is -2.11. The highest BCUT2D eigenvalue weighted by Crippen LogP contribution is 2.36. The Labute approximate surface area is 181 Å². The first kappa shape index (κ1) is 20.2. The minimum Gasteiger partial charge on any atom is -0.489 e. The highest BCUT2D eigenvalue weighted by Gasteiger charge is 2.36. The highest BCUT2D eigenvalue weighted by molar-refractivity contribution is 8.19. The first-order chi connectivity index (χ1) is 14.5. The number of ether oxygens (including phenoxy) is 1. The number of nitrogens with zero attached hydrogens (tertiary/aromatic N) is 1. The van der Waals surface area contributed by atoms with Crippen molar-refractivity contribution in [3.63, 3.8) is 0 Å². The van der Waals surface area contributed by atoms with Crippen molar-refractivity contribution >= 4 is 46.3 Å². The molecule has 0 saturated carbocycles. The molecule has 4 rings (SSSR count). The summed E-state index contributed by atoms with van der Waals surface area (Å²) in [5, 5.41) is -0.0558. The second-order valence-corrected chi connectivity index (χ2v) is 7.81. The summed E-state index contributed by atoms with van der Waals surface area (Å²) >= 11 is 6.91. The molecular formula is C23H15ClFNO3S. The minimum atomic E-state index is -0.437. The Morgan fingerprint density at radius 3 is 2.53 bits per heavy atom. The quantitative estimate of drug-likeness (QED) is 0.438. The second-order valence-electron chi connectivity index (χ2n) is 6.41. The van der Waals surface area contributed by atoms with Crippen molar-refractivity contribution in [2.24, 2.45) is 0 Å². The monoisotopic (exact) mass is 439 g/mol. The van der Waals surface area contributed by atoms with Gasteiger partial charge < -0.3 is 4.74 Å². The van der Waals surface area contributed by atoms with E-state index in [1.165, 1.54) is 12.1 Å². The first-order valence-electron chi connectivity index (χ1n) is 9.02. The van der Waals surface area contributed by atoms with E-state index >= 15 is 0 Å². The van der Waals surface area contributed by atoms with E-state index in [-0.39, 0.29) is 23.3 Å². The van der Waals surface area contributed by atoms with Crippen molar-refractivity contribution in [3.05, 3.63) is 99.7 Å². The van der Waals surface area contributed by atoms with Crippen molar-refractivity contribution in [2.45, 2.75) is 6.61 Å². The summed E-state index contributed by atoms with van der Waals surface area (Å²) in [6.45, 7) is -0.0283. The van der Waals surface area contributed by atoms with Gasteiger partial charge in [-0.2, -0.15) is 0 Å². The Balaban J connectivity index is 1.52. The molecule has 0 aromatic heterocycles. The number of benzene rings is 3. The lowest BCUT2D eigenvalue weighted by molar-refractivity contribution is -0.113. The number of rotatable bonds is 5. The Morgan fingerprint density at radius 2 is 1.77 bits per heavy atom. The summed E-state index contributed by atoms with van der Waals surface area (Å²) in [7, 11) is 0. The van der Waals surface area contributed by atoms with Crippen LogP contribution in [0.25, 0.3) is 6.08 Å². The number of halogens is 2. The average Bonchev–Trinajstić information content (AvgIpc) is 3.01. The molecule has 3 aromatic rings. The molecule has 4 nitrogen and oxygen atoms in total. The zero-order chi connectivity index (χ0) is 21.1. The Kier molecular flexibility index (Phi) is 5.88. The Hall–Kier alpha value is -3.09. The molecule has 1 saturated heterocycles. The van der Waals surface area contributed by atoms with Gasteiger partial charge in [-0.15, -0.1) is 0 Å². The second kappa shape index (κ2) is 8.73. The van der Waals surface area contributed by atoms with Gasteiger partial charge >= 0.3 is 0 Å². The van der Waals surface area contributed by atoms with Crippen molar-refractivity contribution in [1.82, 2.24) is 0 Å². The Bertz CT molecular complexity index is 1130. The molecule has 0 unspecified atom stereocenters. The molecule has 0 spiro atoms. The van der Waals surface area contributed by atoms with Gasteiger partial charge in [-0.3, -0.25) is 9.59 Å². The lowest BCUT2D eigenvalue weighted by atomic mass is 10.2. The molecule has 0 N–H and O–H groups in total. The maximum absolute atomic E-state index is 13.9. The molecular weight excluding hydrogens is 425 g/mol. The number of para-hydroxylation sites is 1. The summed E-state index contributed by atoms with van der Waals surface area (Å²) < 4.78 is 19.6. The standard InChI is InChI=1S/C23H15ClFNO3S/c24-19-10-5-11-20(25)18(19)14-29-17-9-4-6-15(12-17)13-21-22(27)26(23(28)30-21)16-7-2-1-3-8-16/h1-13H,14H2/b21-13-. The smallest absolute Gasteiger partial charge is 0.298 e. The van der Waals surface area contributed by atoms with Gasteiger partial charge in [0, 0.05) is 5.56 Å². The number of hydrogen-bond acceptors (Lipinski definition) is 4. The molecule has 0 bridgehead atoms. The average molecular weight is 440 g/mol. The van der Waals surface area contributed by atoms with Crippen LogP contribution in [0.1, 0.15) is 11.1 Å². The summed E-state index contributed by atoms with van der Waals surface area (Å²) in [5.41, 5.74) is 1.49. The van der Waals surface area contributed by atoms with E-state index in [1.54, 1.807) is 60.7 Å². The van der Waals surface area contributed by atoms with Gasteiger partial charge in [0.05, 0.1) is 15.6 Å². The zero-order valence-electron chi connectivity index (χ0n) is 15.5.